The Labute approximate surface area is 185 Å². The quantitative estimate of drug-likeness (QED) is 0.453. The molecule has 0 bridgehead atoms. The summed E-state index contributed by atoms with van der Waals surface area (Å²) in [6, 6.07) is 13.8. The van der Waals surface area contributed by atoms with Crippen molar-refractivity contribution in [3.05, 3.63) is 66.7 Å². The molecule has 0 spiro atoms. The molecule has 0 unspecified atom stereocenters. The molecule has 1 aromatic carbocycles. The van der Waals surface area contributed by atoms with Crippen LogP contribution in [-0.4, -0.2) is 69.0 Å². The number of hydrogen-bond donors (Lipinski definition) is 1. The number of piperazine rings is 1. The van der Waals surface area contributed by atoms with E-state index in [1.54, 1.807) is 12.4 Å². The molecule has 0 saturated carbocycles. The van der Waals surface area contributed by atoms with Gasteiger partial charge in [0.1, 0.15) is 12.0 Å². The number of aldehydes is 1. The Morgan fingerprint density at radius 3 is 2.56 bits per heavy atom. The third kappa shape index (κ3) is 4.66. The number of nitrogens with one attached hydrogen (secondary N) is 1. The summed E-state index contributed by atoms with van der Waals surface area (Å²) in [7, 11) is 0. The number of H-pyrrole nitrogens is 1. The highest BCUT2D eigenvalue weighted by Crippen LogP contribution is 2.26. The lowest BCUT2D eigenvalue weighted by Crippen LogP contribution is -2.46. The highest BCUT2D eigenvalue weighted by Gasteiger charge is 2.17. The molecule has 4 aromatic rings. The van der Waals surface area contributed by atoms with Crippen LogP contribution in [0.15, 0.2) is 61.1 Å². The molecule has 0 aliphatic carbocycles. The average molecular weight is 428 g/mol. The highest BCUT2D eigenvalue weighted by atomic mass is 16.5. The number of aromatic amines is 1. The lowest BCUT2D eigenvalue weighted by Gasteiger charge is -2.33. The van der Waals surface area contributed by atoms with Gasteiger partial charge in [-0.3, -0.25) is 19.9 Å². The van der Waals surface area contributed by atoms with E-state index in [1.807, 2.05) is 42.6 Å². The van der Waals surface area contributed by atoms with E-state index in [9.17, 15) is 4.79 Å². The van der Waals surface area contributed by atoms with Crippen molar-refractivity contribution in [2.24, 2.45) is 0 Å². The van der Waals surface area contributed by atoms with Crippen LogP contribution in [0.2, 0.25) is 0 Å². The van der Waals surface area contributed by atoms with Crippen LogP contribution in [-0.2, 0) is 11.3 Å². The van der Waals surface area contributed by atoms with E-state index >= 15 is 0 Å². The number of carbonyl (C=O) groups is 1. The maximum atomic E-state index is 10.7. The minimum Gasteiger partial charge on any atom is -0.439 e. The molecule has 0 atom stereocenters. The lowest BCUT2D eigenvalue weighted by atomic mass is 10.1. The van der Waals surface area contributed by atoms with Gasteiger partial charge in [-0.05, 0) is 41.8 Å². The van der Waals surface area contributed by atoms with Crippen LogP contribution in [0.1, 0.15) is 5.69 Å². The molecule has 1 N–H and O–H groups in total. The number of fused-ring (bicyclic) bond motifs is 1. The summed E-state index contributed by atoms with van der Waals surface area (Å²) in [5.74, 6) is 1.27. The van der Waals surface area contributed by atoms with E-state index in [0.717, 1.165) is 72.5 Å². The van der Waals surface area contributed by atoms with Gasteiger partial charge in [0.25, 0.3) is 0 Å². The van der Waals surface area contributed by atoms with E-state index in [0.29, 0.717) is 12.4 Å². The molecule has 1 aliphatic rings. The normalized spacial score (nSPS) is 15.1. The first-order valence-corrected chi connectivity index (χ1v) is 10.7. The monoisotopic (exact) mass is 428 g/mol. The number of pyridine rings is 2. The standard InChI is InChI=1S/C24H24N6O2/c31-12-11-29-7-9-30(10-8-29)17-21-13-20-14-22(3-1-18(20)15-25-21)32-24-4-2-19(16-26-24)23-5-6-27-28-23/h1-6,12-16H,7-11,17H2,(H,27,28). The van der Waals surface area contributed by atoms with Crippen LogP contribution in [0.4, 0.5) is 0 Å². The average Bonchev–Trinajstić information content (AvgIpc) is 3.36. The molecule has 8 nitrogen and oxygen atoms in total. The zero-order chi connectivity index (χ0) is 21.8. The summed E-state index contributed by atoms with van der Waals surface area (Å²) < 4.78 is 5.98. The molecule has 1 aliphatic heterocycles. The first kappa shape index (κ1) is 20.3. The van der Waals surface area contributed by atoms with E-state index < -0.39 is 0 Å². The zero-order valence-electron chi connectivity index (χ0n) is 17.6. The van der Waals surface area contributed by atoms with Crippen molar-refractivity contribution in [1.29, 1.82) is 0 Å². The first-order valence-electron chi connectivity index (χ1n) is 10.7. The third-order valence-electron chi connectivity index (χ3n) is 5.70. The van der Waals surface area contributed by atoms with Crippen molar-refractivity contribution >= 4 is 17.1 Å². The Morgan fingerprint density at radius 2 is 1.81 bits per heavy atom. The van der Waals surface area contributed by atoms with Crippen molar-refractivity contribution in [1.82, 2.24) is 30.0 Å². The molecule has 8 heteroatoms. The molecular weight excluding hydrogens is 404 g/mol. The van der Waals surface area contributed by atoms with E-state index in [4.69, 9.17) is 4.74 Å². The maximum absolute atomic E-state index is 10.7. The van der Waals surface area contributed by atoms with Crippen LogP contribution >= 0.6 is 0 Å². The van der Waals surface area contributed by atoms with Gasteiger partial charge in [-0.15, -0.1) is 0 Å². The SMILES string of the molecule is O=CCN1CCN(Cc2cc3cc(Oc4ccc(-c5ccn[nH]5)cn4)ccc3cn2)CC1. The number of aromatic nitrogens is 4. The predicted molar refractivity (Wildman–Crippen MR) is 121 cm³/mol. The van der Waals surface area contributed by atoms with E-state index in [1.165, 1.54) is 0 Å². The topological polar surface area (TPSA) is 87.2 Å². The van der Waals surface area contributed by atoms with E-state index in [-0.39, 0.29) is 0 Å². The first-order chi connectivity index (χ1) is 15.8. The van der Waals surface area contributed by atoms with Gasteiger partial charge < -0.3 is 9.53 Å². The summed E-state index contributed by atoms with van der Waals surface area (Å²) >= 11 is 0. The zero-order valence-corrected chi connectivity index (χ0v) is 17.6. The van der Waals surface area contributed by atoms with Crippen LogP contribution in [0.5, 0.6) is 11.6 Å². The number of rotatable bonds is 7. The van der Waals surface area contributed by atoms with Gasteiger partial charge in [-0.2, -0.15) is 5.10 Å². The molecule has 0 radical (unpaired) electrons. The van der Waals surface area contributed by atoms with Gasteiger partial charge in [-0.1, -0.05) is 0 Å². The van der Waals surface area contributed by atoms with Gasteiger partial charge in [-0.25, -0.2) is 4.98 Å². The molecule has 1 fully saturated rings. The fraction of sp³-hybridized carbons (Fsp3) is 0.250. The second-order valence-electron chi connectivity index (χ2n) is 7.89. The van der Waals surface area contributed by atoms with Crippen LogP contribution in [0.3, 0.4) is 0 Å². The van der Waals surface area contributed by atoms with Crippen molar-refractivity contribution in [2.75, 3.05) is 32.7 Å². The molecule has 32 heavy (non-hydrogen) atoms. The van der Waals surface area contributed by atoms with E-state index in [2.05, 4.69) is 36.0 Å². The van der Waals surface area contributed by atoms with Gasteiger partial charge in [0, 0.05) is 68.3 Å². The number of carbonyl (C=O) groups excluding carboxylic acids is 1. The fourth-order valence-corrected chi connectivity index (χ4v) is 3.92. The summed E-state index contributed by atoms with van der Waals surface area (Å²) in [5.41, 5.74) is 2.90. The molecule has 1 saturated heterocycles. The fourth-order valence-electron chi connectivity index (χ4n) is 3.92. The second kappa shape index (κ2) is 9.25. The minimum atomic E-state index is 0.519. The highest BCUT2D eigenvalue weighted by molar-refractivity contribution is 5.83. The van der Waals surface area contributed by atoms with Gasteiger partial charge in [0.05, 0.1) is 17.9 Å². The Balaban J connectivity index is 1.26. The Bertz CT molecular complexity index is 1190. The van der Waals surface area contributed by atoms with Crippen LogP contribution in [0.25, 0.3) is 22.0 Å². The molecule has 5 rings (SSSR count). The van der Waals surface area contributed by atoms with Crippen molar-refractivity contribution in [3.63, 3.8) is 0 Å². The maximum Gasteiger partial charge on any atom is 0.219 e. The molecule has 3 aromatic heterocycles. The predicted octanol–water partition coefficient (Wildman–Crippen LogP) is 3.13. The molecule has 4 heterocycles. The smallest absolute Gasteiger partial charge is 0.219 e. The lowest BCUT2D eigenvalue weighted by molar-refractivity contribution is -0.109. The van der Waals surface area contributed by atoms with Crippen molar-refractivity contribution in [3.8, 4) is 22.9 Å². The summed E-state index contributed by atoms with van der Waals surface area (Å²) in [5, 5.41) is 9.05. The van der Waals surface area contributed by atoms with Crippen molar-refractivity contribution in [2.45, 2.75) is 6.54 Å². The summed E-state index contributed by atoms with van der Waals surface area (Å²) in [6.07, 6.45) is 6.37. The van der Waals surface area contributed by atoms with Gasteiger partial charge in [0.15, 0.2) is 0 Å². The number of ether oxygens (including phenoxy) is 1. The number of benzene rings is 1. The molecular formula is C24H24N6O2. The Hall–Kier alpha value is -3.62. The van der Waals surface area contributed by atoms with Gasteiger partial charge in [0.2, 0.25) is 5.88 Å². The van der Waals surface area contributed by atoms with Crippen LogP contribution in [0, 0.1) is 0 Å². The summed E-state index contributed by atoms with van der Waals surface area (Å²) in [6.45, 7) is 5.03. The van der Waals surface area contributed by atoms with Crippen molar-refractivity contribution < 1.29 is 9.53 Å². The largest absolute Gasteiger partial charge is 0.439 e. The van der Waals surface area contributed by atoms with Crippen LogP contribution < -0.4 is 4.74 Å². The molecule has 162 valence electrons. The second-order valence-corrected chi connectivity index (χ2v) is 7.89. The molecule has 0 amide bonds. The number of nitrogens with zero attached hydrogens (tertiary/aromatic N) is 5. The Morgan fingerprint density at radius 1 is 0.938 bits per heavy atom. The summed E-state index contributed by atoms with van der Waals surface area (Å²) in [4.78, 5) is 24.3. The minimum absolute atomic E-state index is 0.519. The third-order valence-corrected chi connectivity index (χ3v) is 5.70. The Kier molecular flexibility index (Phi) is 5.87. The number of hydrogen-bond acceptors (Lipinski definition) is 7. The van der Waals surface area contributed by atoms with Gasteiger partial charge >= 0.3 is 0 Å².